The van der Waals surface area contributed by atoms with Crippen molar-refractivity contribution in [2.45, 2.75) is 69.4 Å². The summed E-state index contributed by atoms with van der Waals surface area (Å²) < 4.78 is 42.2. The Morgan fingerprint density at radius 3 is 2.27 bits per heavy atom. The van der Waals surface area contributed by atoms with Crippen LogP contribution in [0.2, 0.25) is 5.02 Å². The Hall–Kier alpha value is -1.22. The van der Waals surface area contributed by atoms with Crippen molar-refractivity contribution in [2.24, 2.45) is 11.8 Å². The summed E-state index contributed by atoms with van der Waals surface area (Å²) in [6, 6.07) is 3.97. The number of hydrogen-bond acceptors (Lipinski definition) is 4. The first-order chi connectivity index (χ1) is 15.7. The van der Waals surface area contributed by atoms with E-state index in [9.17, 15) is 17.6 Å². The van der Waals surface area contributed by atoms with E-state index in [1.54, 1.807) is 4.31 Å². The number of amides is 1. The minimum atomic E-state index is -3.79. The van der Waals surface area contributed by atoms with Gasteiger partial charge in [-0.15, -0.1) is 0 Å². The number of benzene rings is 1. The molecule has 1 aromatic carbocycles. The highest BCUT2D eigenvalue weighted by Crippen LogP contribution is 2.37. The van der Waals surface area contributed by atoms with Crippen molar-refractivity contribution < 1.29 is 17.6 Å². The van der Waals surface area contributed by atoms with Crippen LogP contribution in [0.1, 0.15) is 52.4 Å². The predicted molar refractivity (Wildman–Crippen MR) is 127 cm³/mol. The number of carbonyl (C=O) groups excluding carboxylic acids is 1. The molecule has 1 aliphatic heterocycles. The van der Waals surface area contributed by atoms with Gasteiger partial charge in [-0.05, 0) is 76.5 Å². The lowest BCUT2D eigenvalue weighted by atomic mass is 9.85. The van der Waals surface area contributed by atoms with Crippen LogP contribution < -0.4 is 0 Å². The Kier molecular flexibility index (Phi) is 7.68. The van der Waals surface area contributed by atoms with Gasteiger partial charge in [0.2, 0.25) is 15.9 Å². The summed E-state index contributed by atoms with van der Waals surface area (Å²) in [5.74, 6) is -0.0544. The monoisotopic (exact) mass is 499 g/mol. The third-order valence-electron chi connectivity index (χ3n) is 7.44. The van der Waals surface area contributed by atoms with E-state index < -0.39 is 15.8 Å². The molecule has 0 aromatic heterocycles. The Morgan fingerprint density at radius 1 is 1.09 bits per heavy atom. The lowest BCUT2D eigenvalue weighted by Gasteiger charge is -2.40. The molecule has 3 fully saturated rings. The summed E-state index contributed by atoms with van der Waals surface area (Å²) in [7, 11) is -3.79. The van der Waals surface area contributed by atoms with Crippen LogP contribution in [0.15, 0.2) is 23.1 Å². The molecule has 2 aliphatic carbocycles. The highest BCUT2D eigenvalue weighted by atomic mass is 35.5. The van der Waals surface area contributed by atoms with Crippen LogP contribution in [0.5, 0.6) is 0 Å². The maximum atomic E-state index is 13.6. The second kappa shape index (κ2) is 10.2. The van der Waals surface area contributed by atoms with Gasteiger partial charge in [0, 0.05) is 50.7 Å². The van der Waals surface area contributed by atoms with Gasteiger partial charge >= 0.3 is 0 Å². The number of hydrogen-bond donors (Lipinski definition) is 0. The second-order valence-corrected chi connectivity index (χ2v) is 12.4. The van der Waals surface area contributed by atoms with Crippen molar-refractivity contribution in [1.29, 1.82) is 0 Å². The molecule has 9 heteroatoms. The van der Waals surface area contributed by atoms with Crippen molar-refractivity contribution in [1.82, 2.24) is 14.1 Å². The maximum absolute atomic E-state index is 13.6. The summed E-state index contributed by atoms with van der Waals surface area (Å²) in [6.45, 7) is 8.20. The summed E-state index contributed by atoms with van der Waals surface area (Å²) in [6.07, 6.45) is 4.81. The lowest BCUT2D eigenvalue weighted by Crippen LogP contribution is -2.52. The van der Waals surface area contributed by atoms with Crippen LogP contribution in [-0.2, 0) is 14.8 Å². The van der Waals surface area contributed by atoms with E-state index in [4.69, 9.17) is 11.6 Å². The average Bonchev–Trinajstić information content (AvgIpc) is 3.63. The molecule has 0 radical (unpaired) electrons. The van der Waals surface area contributed by atoms with E-state index in [2.05, 4.69) is 18.7 Å². The zero-order valence-corrected chi connectivity index (χ0v) is 21.1. The molecule has 0 bridgehead atoms. The second-order valence-electron chi connectivity index (χ2n) is 10.1. The molecule has 184 valence electrons. The van der Waals surface area contributed by atoms with Gasteiger partial charge in [-0.25, -0.2) is 12.8 Å². The Balaban J connectivity index is 1.40. The molecule has 4 rings (SSSR count). The van der Waals surface area contributed by atoms with Gasteiger partial charge < -0.3 is 4.90 Å². The van der Waals surface area contributed by atoms with Gasteiger partial charge in [0.05, 0.1) is 9.92 Å². The zero-order chi connectivity index (χ0) is 23.8. The van der Waals surface area contributed by atoms with Crippen molar-refractivity contribution in [3.8, 4) is 0 Å². The van der Waals surface area contributed by atoms with Gasteiger partial charge in [-0.2, -0.15) is 4.31 Å². The summed E-state index contributed by atoms with van der Waals surface area (Å²) >= 11 is 5.88. The lowest BCUT2D eigenvalue weighted by molar-refractivity contribution is -0.138. The SMILES string of the molecule is CC(C)N1CCN(C(=O)[C@H]2CC[C@H](N(CC3CC3)S(=O)(=O)c3ccc(F)c(Cl)c3)CC2)CC1. The van der Waals surface area contributed by atoms with Crippen LogP contribution in [-0.4, -0.2) is 73.2 Å². The minimum absolute atomic E-state index is 0.0300. The largest absolute Gasteiger partial charge is 0.340 e. The number of sulfonamides is 1. The zero-order valence-electron chi connectivity index (χ0n) is 19.6. The van der Waals surface area contributed by atoms with Gasteiger partial charge in [-0.3, -0.25) is 9.69 Å². The van der Waals surface area contributed by atoms with Crippen LogP contribution in [0.4, 0.5) is 4.39 Å². The number of piperazine rings is 1. The molecule has 1 amide bonds. The summed E-state index contributed by atoms with van der Waals surface area (Å²) in [5, 5.41) is -0.186. The molecular weight excluding hydrogens is 465 g/mol. The Bertz CT molecular complexity index is 954. The summed E-state index contributed by atoms with van der Waals surface area (Å²) in [4.78, 5) is 17.5. The van der Waals surface area contributed by atoms with E-state index in [1.807, 2.05) is 4.90 Å². The molecule has 33 heavy (non-hydrogen) atoms. The molecule has 3 aliphatic rings. The summed E-state index contributed by atoms with van der Waals surface area (Å²) in [5.41, 5.74) is 0. The number of nitrogens with zero attached hydrogens (tertiary/aromatic N) is 3. The Labute approximate surface area is 202 Å². The fraction of sp³-hybridized carbons (Fsp3) is 0.708. The molecule has 0 spiro atoms. The van der Waals surface area contributed by atoms with Crippen LogP contribution >= 0.6 is 11.6 Å². The van der Waals surface area contributed by atoms with Gasteiger partial charge in [-0.1, -0.05) is 11.6 Å². The maximum Gasteiger partial charge on any atom is 0.243 e. The van der Waals surface area contributed by atoms with E-state index in [1.165, 1.54) is 12.1 Å². The third-order valence-corrected chi connectivity index (χ3v) is 9.65. The molecule has 2 saturated carbocycles. The molecule has 0 unspecified atom stereocenters. The highest BCUT2D eigenvalue weighted by molar-refractivity contribution is 7.89. The van der Waals surface area contributed by atoms with E-state index in [0.717, 1.165) is 45.1 Å². The molecule has 1 heterocycles. The molecule has 1 saturated heterocycles. The van der Waals surface area contributed by atoms with Crippen LogP contribution in [0.3, 0.4) is 0 Å². The van der Waals surface area contributed by atoms with Crippen molar-refractivity contribution >= 4 is 27.5 Å². The topological polar surface area (TPSA) is 60.9 Å². The van der Waals surface area contributed by atoms with Gasteiger partial charge in [0.1, 0.15) is 5.82 Å². The first kappa shape index (κ1) is 24.9. The molecule has 0 atom stereocenters. The third kappa shape index (κ3) is 5.72. The number of halogens is 2. The van der Waals surface area contributed by atoms with Gasteiger partial charge in [0.25, 0.3) is 0 Å². The number of carbonyl (C=O) groups is 1. The van der Waals surface area contributed by atoms with Crippen molar-refractivity contribution in [3.63, 3.8) is 0 Å². The Morgan fingerprint density at radius 2 is 1.73 bits per heavy atom. The predicted octanol–water partition coefficient (Wildman–Crippen LogP) is 3.99. The van der Waals surface area contributed by atoms with Gasteiger partial charge in [0.15, 0.2) is 0 Å². The molecule has 1 aromatic rings. The van der Waals surface area contributed by atoms with Crippen LogP contribution in [0, 0.1) is 17.7 Å². The first-order valence-electron chi connectivity index (χ1n) is 12.2. The van der Waals surface area contributed by atoms with E-state index in [0.29, 0.717) is 44.2 Å². The highest BCUT2D eigenvalue weighted by Gasteiger charge is 2.40. The number of rotatable bonds is 7. The fourth-order valence-electron chi connectivity index (χ4n) is 5.10. The molecular formula is C24H35ClFN3O3S. The quantitative estimate of drug-likeness (QED) is 0.569. The standard InChI is InChI=1S/C24H35ClFN3O3S/c1-17(2)27-11-13-28(14-12-27)24(30)19-5-7-20(8-6-19)29(16-18-3-4-18)33(31,32)21-9-10-23(26)22(25)15-21/h9-10,15,17-20H,3-8,11-14,16H2,1-2H3/t19-,20-. The molecule has 6 nitrogen and oxygen atoms in total. The van der Waals surface area contributed by atoms with E-state index in [-0.39, 0.29) is 27.8 Å². The van der Waals surface area contributed by atoms with Crippen molar-refractivity contribution in [3.05, 3.63) is 29.0 Å². The van der Waals surface area contributed by atoms with Crippen LogP contribution in [0.25, 0.3) is 0 Å². The average molecular weight is 500 g/mol. The normalized spacial score (nSPS) is 25.1. The first-order valence-corrected chi connectivity index (χ1v) is 14.0. The fourth-order valence-corrected chi connectivity index (χ4v) is 7.13. The minimum Gasteiger partial charge on any atom is -0.340 e. The van der Waals surface area contributed by atoms with E-state index >= 15 is 0 Å². The smallest absolute Gasteiger partial charge is 0.243 e. The molecule has 0 N–H and O–H groups in total. The van der Waals surface area contributed by atoms with Crippen molar-refractivity contribution in [2.75, 3.05) is 32.7 Å².